The number of piperidine rings is 1. The molecule has 1 amide bonds. The molecule has 3 aromatic rings. The number of benzene rings is 2. The van der Waals surface area contributed by atoms with Crippen molar-refractivity contribution in [1.29, 1.82) is 5.26 Å². The third-order valence-electron chi connectivity index (χ3n) is 6.96. The van der Waals surface area contributed by atoms with Crippen molar-refractivity contribution in [2.24, 2.45) is 17.1 Å². The largest absolute Gasteiger partial charge is 0.368 e. The van der Waals surface area contributed by atoms with Gasteiger partial charge in [0.05, 0.1) is 18.0 Å². The number of carbonyl (C=O) groups excluding carboxylic acids is 1. The van der Waals surface area contributed by atoms with Crippen LogP contribution in [0.3, 0.4) is 0 Å². The maximum Gasteiger partial charge on any atom is 0.256 e. The van der Waals surface area contributed by atoms with Crippen LogP contribution in [0.1, 0.15) is 24.8 Å². The van der Waals surface area contributed by atoms with Crippen molar-refractivity contribution < 1.29 is 4.79 Å². The summed E-state index contributed by atoms with van der Waals surface area (Å²) in [6, 6.07) is 15.6. The van der Waals surface area contributed by atoms with Crippen molar-refractivity contribution in [2.75, 3.05) is 0 Å². The Morgan fingerprint density at radius 2 is 2.03 bits per heavy atom. The maximum absolute atomic E-state index is 12.4. The summed E-state index contributed by atoms with van der Waals surface area (Å²) in [7, 11) is 0. The number of rotatable bonds is 4. The minimum Gasteiger partial charge on any atom is -0.368 e. The van der Waals surface area contributed by atoms with Crippen molar-refractivity contribution in [3.05, 3.63) is 58.4 Å². The summed E-state index contributed by atoms with van der Waals surface area (Å²) in [6.45, 7) is 0. The highest BCUT2D eigenvalue weighted by atomic mass is 16.1. The Bertz CT molecular complexity index is 1240. The second kappa shape index (κ2) is 6.43. The molecule has 4 N–H and O–H groups in total. The van der Waals surface area contributed by atoms with Crippen molar-refractivity contribution >= 4 is 27.6 Å². The number of amides is 1. The summed E-state index contributed by atoms with van der Waals surface area (Å²) < 4.78 is 0. The van der Waals surface area contributed by atoms with E-state index in [1.807, 2.05) is 42.5 Å². The number of H-pyrrole nitrogens is 1. The van der Waals surface area contributed by atoms with Crippen molar-refractivity contribution in [3.63, 3.8) is 0 Å². The molecule has 6 heteroatoms. The Morgan fingerprint density at radius 1 is 1.24 bits per heavy atom. The van der Waals surface area contributed by atoms with Crippen molar-refractivity contribution in [1.82, 2.24) is 10.3 Å². The third-order valence-corrected chi connectivity index (χ3v) is 6.96. The summed E-state index contributed by atoms with van der Waals surface area (Å²) >= 11 is 0. The van der Waals surface area contributed by atoms with Gasteiger partial charge in [0.2, 0.25) is 5.91 Å². The number of aromatic nitrogens is 1. The molecule has 0 spiro atoms. The molecule has 4 unspecified atom stereocenters. The highest BCUT2D eigenvalue weighted by Crippen LogP contribution is 2.53. The van der Waals surface area contributed by atoms with Crippen LogP contribution in [-0.4, -0.2) is 23.0 Å². The maximum atomic E-state index is 12.4. The molecule has 1 saturated heterocycles. The van der Waals surface area contributed by atoms with E-state index in [-0.39, 0.29) is 23.4 Å². The van der Waals surface area contributed by atoms with Crippen LogP contribution < -0.4 is 16.6 Å². The van der Waals surface area contributed by atoms with Gasteiger partial charge in [-0.2, -0.15) is 5.26 Å². The molecule has 1 aromatic heterocycles. The molecule has 2 aromatic carbocycles. The molecule has 2 bridgehead atoms. The highest BCUT2D eigenvalue weighted by molar-refractivity contribution is 6.07. The molecule has 4 atom stereocenters. The number of fused-ring (bicyclic) bond motifs is 5. The van der Waals surface area contributed by atoms with Gasteiger partial charge in [0.15, 0.2) is 0 Å². The molecule has 1 aliphatic carbocycles. The Kier molecular flexibility index (Phi) is 3.97. The summed E-state index contributed by atoms with van der Waals surface area (Å²) in [5.41, 5.74) is 6.92. The molecule has 2 aliphatic rings. The van der Waals surface area contributed by atoms with Crippen LogP contribution in [-0.2, 0) is 11.2 Å². The van der Waals surface area contributed by atoms with Gasteiger partial charge in [-0.15, -0.1) is 0 Å². The molecular formula is C23H22N4O2. The van der Waals surface area contributed by atoms with E-state index in [2.05, 4.69) is 16.4 Å². The lowest BCUT2D eigenvalue weighted by Gasteiger charge is -2.37. The first-order valence-electron chi connectivity index (χ1n) is 10.0. The summed E-state index contributed by atoms with van der Waals surface area (Å²) in [6.07, 6.45) is 3.12. The van der Waals surface area contributed by atoms with Gasteiger partial charge in [0.25, 0.3) is 5.56 Å². The lowest BCUT2D eigenvalue weighted by molar-refractivity contribution is -0.123. The fourth-order valence-electron chi connectivity index (χ4n) is 5.67. The average Bonchev–Trinajstić information content (AvgIpc) is 3.32. The van der Waals surface area contributed by atoms with Gasteiger partial charge in [0.1, 0.15) is 0 Å². The third kappa shape index (κ3) is 2.58. The van der Waals surface area contributed by atoms with Gasteiger partial charge in [-0.25, -0.2) is 0 Å². The fourth-order valence-corrected chi connectivity index (χ4v) is 5.67. The predicted molar refractivity (Wildman–Crippen MR) is 111 cm³/mol. The minimum atomic E-state index is -0.461. The van der Waals surface area contributed by atoms with Crippen molar-refractivity contribution in [2.45, 2.75) is 37.8 Å². The van der Waals surface area contributed by atoms with Gasteiger partial charge >= 0.3 is 0 Å². The molecule has 5 rings (SSSR count). The lowest BCUT2D eigenvalue weighted by Crippen LogP contribution is -2.53. The Morgan fingerprint density at radius 3 is 2.76 bits per heavy atom. The first-order chi connectivity index (χ1) is 14.0. The molecule has 146 valence electrons. The second-order valence-electron chi connectivity index (χ2n) is 8.40. The number of nitrogens with zero attached hydrogens (tertiary/aromatic N) is 1. The molecule has 2 fully saturated rings. The number of primary amides is 1. The van der Waals surface area contributed by atoms with E-state index in [9.17, 15) is 14.9 Å². The molecular weight excluding hydrogens is 364 g/mol. The van der Waals surface area contributed by atoms with Crippen LogP contribution in [0.5, 0.6) is 0 Å². The number of hydrogen-bond acceptors (Lipinski definition) is 4. The monoisotopic (exact) mass is 386 g/mol. The first-order valence-corrected chi connectivity index (χ1v) is 10.0. The topological polar surface area (TPSA) is 112 Å². The number of pyridine rings is 1. The smallest absolute Gasteiger partial charge is 0.256 e. The Labute approximate surface area is 167 Å². The average molecular weight is 386 g/mol. The number of hydrogen-bond donors (Lipinski definition) is 3. The van der Waals surface area contributed by atoms with E-state index in [4.69, 9.17) is 5.73 Å². The van der Waals surface area contributed by atoms with E-state index >= 15 is 0 Å². The van der Waals surface area contributed by atoms with E-state index in [1.54, 1.807) is 0 Å². The summed E-state index contributed by atoms with van der Waals surface area (Å²) in [4.78, 5) is 27.5. The number of aromatic amines is 1. The Hall–Kier alpha value is -3.17. The lowest BCUT2D eigenvalue weighted by atomic mass is 9.67. The summed E-state index contributed by atoms with van der Waals surface area (Å²) in [5.74, 6) is -0.712. The standard InChI is InChI=1S/C23H22N4O2/c24-12-14(23-9-8-15(11-23)26-20(23)21(25)28)10-13-4-3-7-18-19(13)16-5-1-2-6-17(16)22(29)27-18/h1-7,14-15,20,26H,8-11H2,(H2,25,28)(H,27,29). The Balaban J connectivity index is 1.65. The number of nitrogens with one attached hydrogen (secondary N) is 2. The molecule has 29 heavy (non-hydrogen) atoms. The van der Waals surface area contributed by atoms with Gasteiger partial charge in [-0.1, -0.05) is 30.3 Å². The molecule has 2 heterocycles. The highest BCUT2D eigenvalue weighted by Gasteiger charge is 2.58. The van der Waals surface area contributed by atoms with Crippen molar-refractivity contribution in [3.8, 4) is 6.07 Å². The van der Waals surface area contributed by atoms with E-state index in [1.165, 1.54) is 0 Å². The molecule has 0 radical (unpaired) electrons. The number of carbonyl (C=O) groups is 1. The molecule has 1 saturated carbocycles. The van der Waals surface area contributed by atoms with Crippen LogP contribution in [0, 0.1) is 22.7 Å². The van der Waals surface area contributed by atoms with Crippen LogP contribution in [0.4, 0.5) is 0 Å². The summed E-state index contributed by atoms with van der Waals surface area (Å²) in [5, 5.41) is 15.9. The number of nitrogens with two attached hydrogens (primary N) is 1. The second-order valence-corrected chi connectivity index (χ2v) is 8.40. The molecule has 6 nitrogen and oxygen atoms in total. The van der Waals surface area contributed by atoms with Gasteiger partial charge < -0.3 is 16.0 Å². The van der Waals surface area contributed by atoms with Gasteiger partial charge in [0, 0.05) is 27.7 Å². The first kappa shape index (κ1) is 17.9. The molecule has 1 aliphatic heterocycles. The number of nitriles is 1. The zero-order valence-electron chi connectivity index (χ0n) is 15.9. The normalized spacial score (nSPS) is 26.6. The van der Waals surface area contributed by atoms with Crippen LogP contribution in [0.15, 0.2) is 47.3 Å². The SMILES string of the molecule is N#CC(Cc1cccc2[nH]c(=O)c3ccccc3c12)C12CCC(C1)NC2C(N)=O. The zero-order chi connectivity index (χ0) is 20.2. The van der Waals surface area contributed by atoms with E-state index < -0.39 is 11.5 Å². The van der Waals surface area contributed by atoms with E-state index in [0.717, 1.165) is 41.1 Å². The van der Waals surface area contributed by atoms with Crippen LogP contribution in [0.2, 0.25) is 0 Å². The quantitative estimate of drug-likeness (QED) is 0.598. The minimum absolute atomic E-state index is 0.118. The van der Waals surface area contributed by atoms with Gasteiger partial charge in [-0.3, -0.25) is 9.59 Å². The fraction of sp³-hybridized carbons (Fsp3) is 0.348. The van der Waals surface area contributed by atoms with Crippen LogP contribution in [0.25, 0.3) is 21.7 Å². The van der Waals surface area contributed by atoms with Gasteiger partial charge in [-0.05, 0) is 48.8 Å². The zero-order valence-corrected chi connectivity index (χ0v) is 15.9. The van der Waals surface area contributed by atoms with Crippen LogP contribution >= 0.6 is 0 Å². The van der Waals surface area contributed by atoms with E-state index in [0.29, 0.717) is 11.8 Å². The predicted octanol–water partition coefficient (Wildman–Crippen LogP) is 2.36.